The quantitative estimate of drug-likeness (QED) is 0.901. The summed E-state index contributed by atoms with van der Waals surface area (Å²) in [5, 5.41) is 2.68. The van der Waals surface area contributed by atoms with Gasteiger partial charge in [-0.15, -0.1) is 0 Å². The second-order valence-corrected chi connectivity index (χ2v) is 7.89. The third-order valence-corrected chi connectivity index (χ3v) is 6.20. The highest BCUT2D eigenvalue weighted by Gasteiger charge is 2.34. The SMILES string of the molecule is C[C@@H]1CCC[C@H](C)N1S(=O)(=O)CCNC(=O)c1ccccc1. The number of nitrogens with zero attached hydrogens (tertiary/aromatic N) is 1. The van der Waals surface area contributed by atoms with Gasteiger partial charge in [-0.3, -0.25) is 4.79 Å². The summed E-state index contributed by atoms with van der Waals surface area (Å²) in [4.78, 5) is 11.9. The van der Waals surface area contributed by atoms with Crippen molar-refractivity contribution in [3.05, 3.63) is 35.9 Å². The molecule has 1 saturated heterocycles. The largest absolute Gasteiger partial charge is 0.351 e. The van der Waals surface area contributed by atoms with Gasteiger partial charge in [-0.2, -0.15) is 4.31 Å². The molecule has 0 saturated carbocycles. The molecule has 0 aromatic heterocycles. The third kappa shape index (κ3) is 4.08. The van der Waals surface area contributed by atoms with Crippen molar-refractivity contribution in [3.8, 4) is 0 Å². The molecular weight excluding hydrogens is 300 g/mol. The van der Waals surface area contributed by atoms with Crippen molar-refractivity contribution in [1.82, 2.24) is 9.62 Å². The predicted octanol–water partition coefficient (Wildman–Crippen LogP) is 2.01. The number of rotatable bonds is 5. The van der Waals surface area contributed by atoms with Gasteiger partial charge in [-0.25, -0.2) is 8.42 Å². The first-order valence-corrected chi connectivity index (χ1v) is 9.37. The summed E-state index contributed by atoms with van der Waals surface area (Å²) < 4.78 is 26.6. The van der Waals surface area contributed by atoms with Gasteiger partial charge in [0.25, 0.3) is 5.91 Å². The van der Waals surface area contributed by atoms with E-state index in [1.165, 1.54) is 0 Å². The van der Waals surface area contributed by atoms with Crippen molar-refractivity contribution in [2.24, 2.45) is 0 Å². The zero-order valence-electron chi connectivity index (χ0n) is 13.2. The van der Waals surface area contributed by atoms with Crippen LogP contribution in [0, 0.1) is 0 Å². The van der Waals surface area contributed by atoms with Gasteiger partial charge in [0.1, 0.15) is 0 Å². The van der Waals surface area contributed by atoms with Crippen molar-refractivity contribution < 1.29 is 13.2 Å². The van der Waals surface area contributed by atoms with Crippen molar-refractivity contribution in [2.45, 2.75) is 45.2 Å². The van der Waals surface area contributed by atoms with Gasteiger partial charge in [0, 0.05) is 24.2 Å². The van der Waals surface area contributed by atoms with Crippen LogP contribution in [0.25, 0.3) is 0 Å². The zero-order valence-corrected chi connectivity index (χ0v) is 14.0. The Morgan fingerprint density at radius 1 is 1.18 bits per heavy atom. The number of piperidine rings is 1. The molecule has 1 fully saturated rings. The van der Waals surface area contributed by atoms with E-state index in [4.69, 9.17) is 0 Å². The summed E-state index contributed by atoms with van der Waals surface area (Å²) in [6, 6.07) is 8.89. The second kappa shape index (κ2) is 7.24. The van der Waals surface area contributed by atoms with E-state index in [-0.39, 0.29) is 30.3 Å². The van der Waals surface area contributed by atoms with Crippen molar-refractivity contribution in [1.29, 1.82) is 0 Å². The second-order valence-electron chi connectivity index (χ2n) is 5.90. The van der Waals surface area contributed by atoms with Gasteiger partial charge in [-0.05, 0) is 38.8 Å². The number of carbonyl (C=O) groups is 1. The molecule has 1 N–H and O–H groups in total. The van der Waals surface area contributed by atoms with Gasteiger partial charge < -0.3 is 5.32 Å². The predicted molar refractivity (Wildman–Crippen MR) is 87.2 cm³/mol. The Bertz CT molecular complexity index is 591. The lowest BCUT2D eigenvalue weighted by Gasteiger charge is -2.37. The van der Waals surface area contributed by atoms with Crippen LogP contribution in [0.3, 0.4) is 0 Å². The molecule has 1 aliphatic rings. The molecule has 6 heteroatoms. The topological polar surface area (TPSA) is 66.5 Å². The maximum Gasteiger partial charge on any atom is 0.251 e. The molecule has 22 heavy (non-hydrogen) atoms. The van der Waals surface area contributed by atoms with E-state index in [1.54, 1.807) is 28.6 Å². The zero-order chi connectivity index (χ0) is 16.2. The average Bonchev–Trinajstić information content (AvgIpc) is 2.47. The van der Waals surface area contributed by atoms with Crippen LogP contribution in [0.5, 0.6) is 0 Å². The van der Waals surface area contributed by atoms with Crippen LogP contribution in [0.15, 0.2) is 30.3 Å². The van der Waals surface area contributed by atoms with Crippen LogP contribution in [-0.4, -0.2) is 43.0 Å². The normalized spacial score (nSPS) is 23.2. The summed E-state index contributed by atoms with van der Waals surface area (Å²) in [6.07, 6.45) is 2.87. The lowest BCUT2D eigenvalue weighted by Crippen LogP contribution is -2.49. The molecule has 2 atom stereocenters. The molecule has 1 heterocycles. The Hall–Kier alpha value is -1.40. The Kier molecular flexibility index (Phi) is 5.58. The smallest absolute Gasteiger partial charge is 0.251 e. The number of amides is 1. The molecule has 1 aliphatic heterocycles. The number of benzene rings is 1. The molecule has 0 radical (unpaired) electrons. The summed E-state index contributed by atoms with van der Waals surface area (Å²) >= 11 is 0. The minimum Gasteiger partial charge on any atom is -0.351 e. The lowest BCUT2D eigenvalue weighted by molar-refractivity contribution is 0.0956. The first-order chi connectivity index (χ1) is 10.4. The lowest BCUT2D eigenvalue weighted by atomic mass is 10.0. The number of hydrogen-bond acceptors (Lipinski definition) is 3. The van der Waals surface area contributed by atoms with E-state index in [9.17, 15) is 13.2 Å². The third-order valence-electron chi connectivity index (χ3n) is 4.12. The Morgan fingerprint density at radius 2 is 1.77 bits per heavy atom. The molecule has 5 nitrogen and oxygen atoms in total. The van der Waals surface area contributed by atoms with E-state index in [1.807, 2.05) is 19.9 Å². The highest BCUT2D eigenvalue weighted by atomic mass is 32.2. The standard InChI is InChI=1S/C16H24N2O3S/c1-13-7-6-8-14(2)18(13)22(20,21)12-11-17-16(19)15-9-4-3-5-10-15/h3-5,9-10,13-14H,6-8,11-12H2,1-2H3,(H,17,19)/t13-,14+. The Morgan fingerprint density at radius 3 is 2.36 bits per heavy atom. The van der Waals surface area contributed by atoms with Gasteiger partial charge in [0.2, 0.25) is 10.0 Å². The van der Waals surface area contributed by atoms with Gasteiger partial charge >= 0.3 is 0 Å². The highest BCUT2D eigenvalue weighted by Crippen LogP contribution is 2.25. The van der Waals surface area contributed by atoms with Crippen molar-refractivity contribution >= 4 is 15.9 Å². The molecule has 0 unspecified atom stereocenters. The van der Waals surface area contributed by atoms with Crippen LogP contribution in [0.2, 0.25) is 0 Å². The molecule has 1 aromatic rings. The van der Waals surface area contributed by atoms with Crippen molar-refractivity contribution in [3.63, 3.8) is 0 Å². The van der Waals surface area contributed by atoms with Gasteiger partial charge in [0.05, 0.1) is 5.75 Å². The maximum absolute atomic E-state index is 12.5. The first kappa shape index (κ1) is 17.0. The molecule has 122 valence electrons. The number of sulfonamides is 1. The van der Waals surface area contributed by atoms with Crippen LogP contribution < -0.4 is 5.32 Å². The fourth-order valence-corrected chi connectivity index (χ4v) is 4.91. The fourth-order valence-electron chi connectivity index (χ4n) is 3.04. The summed E-state index contributed by atoms with van der Waals surface area (Å²) in [7, 11) is -3.34. The highest BCUT2D eigenvalue weighted by molar-refractivity contribution is 7.89. The minimum absolute atomic E-state index is 0.0403. The van der Waals surface area contributed by atoms with Crippen LogP contribution in [0.4, 0.5) is 0 Å². The molecule has 0 spiro atoms. The van der Waals surface area contributed by atoms with Crippen molar-refractivity contribution in [2.75, 3.05) is 12.3 Å². The molecule has 2 rings (SSSR count). The summed E-state index contributed by atoms with van der Waals surface area (Å²) in [5.74, 6) is -0.296. The van der Waals surface area contributed by atoms with E-state index < -0.39 is 10.0 Å². The Labute approximate surface area is 132 Å². The van der Waals surface area contributed by atoms with E-state index in [2.05, 4.69) is 5.32 Å². The van der Waals surface area contributed by atoms with Gasteiger partial charge in [0.15, 0.2) is 0 Å². The monoisotopic (exact) mass is 324 g/mol. The van der Waals surface area contributed by atoms with Crippen LogP contribution in [0.1, 0.15) is 43.5 Å². The molecule has 0 aliphatic carbocycles. The summed E-state index contributed by atoms with van der Waals surface area (Å²) in [5.41, 5.74) is 0.541. The number of carbonyl (C=O) groups excluding carboxylic acids is 1. The van der Waals surface area contributed by atoms with Crippen LogP contribution >= 0.6 is 0 Å². The minimum atomic E-state index is -3.34. The number of hydrogen-bond donors (Lipinski definition) is 1. The van der Waals surface area contributed by atoms with Crippen LogP contribution in [-0.2, 0) is 10.0 Å². The first-order valence-electron chi connectivity index (χ1n) is 7.76. The summed E-state index contributed by atoms with van der Waals surface area (Å²) in [6.45, 7) is 4.04. The van der Waals surface area contributed by atoms with Gasteiger partial charge in [-0.1, -0.05) is 24.6 Å². The number of nitrogens with one attached hydrogen (secondary N) is 1. The van der Waals surface area contributed by atoms with E-state index in [0.29, 0.717) is 5.56 Å². The molecule has 1 amide bonds. The average molecular weight is 324 g/mol. The molecule has 1 aromatic carbocycles. The molecular formula is C16H24N2O3S. The molecule has 0 bridgehead atoms. The Balaban J connectivity index is 1.91. The van der Waals surface area contributed by atoms with E-state index >= 15 is 0 Å². The maximum atomic E-state index is 12.5. The fraction of sp³-hybridized carbons (Fsp3) is 0.562. The van der Waals surface area contributed by atoms with E-state index in [0.717, 1.165) is 19.3 Å².